The van der Waals surface area contributed by atoms with E-state index in [1.807, 2.05) is 50.4 Å². The summed E-state index contributed by atoms with van der Waals surface area (Å²) >= 11 is 0. The number of rotatable bonds is 4. The zero-order valence-electron chi connectivity index (χ0n) is 18.4. The summed E-state index contributed by atoms with van der Waals surface area (Å²) in [6.45, 7) is 5.12. The molecular formula is C23H26N6O3. The van der Waals surface area contributed by atoms with Gasteiger partial charge in [0.1, 0.15) is 11.9 Å². The summed E-state index contributed by atoms with van der Waals surface area (Å²) < 4.78 is 11.1. The lowest BCUT2D eigenvalue weighted by Crippen LogP contribution is -2.56. The molecule has 1 amide bonds. The van der Waals surface area contributed by atoms with Crippen molar-refractivity contribution in [2.45, 2.75) is 38.8 Å². The topological polar surface area (TPSA) is 96.6 Å². The van der Waals surface area contributed by atoms with Gasteiger partial charge < -0.3 is 24.3 Å². The number of carbonyl (C=O) groups excluding carboxylic acids is 1. The van der Waals surface area contributed by atoms with E-state index in [9.17, 15) is 4.79 Å². The van der Waals surface area contributed by atoms with Crippen LogP contribution in [0.4, 0.5) is 23.0 Å². The molecule has 9 nitrogen and oxygen atoms in total. The molecule has 0 unspecified atom stereocenters. The fourth-order valence-corrected chi connectivity index (χ4v) is 4.41. The highest BCUT2D eigenvalue weighted by atomic mass is 16.5. The number of nitrogens with zero attached hydrogens (tertiary/aromatic N) is 5. The second-order valence-electron chi connectivity index (χ2n) is 8.20. The highest BCUT2D eigenvalue weighted by Gasteiger charge is 2.39. The van der Waals surface area contributed by atoms with Crippen LogP contribution in [0, 0.1) is 6.92 Å². The SMILES string of the molecule is Cc1nnc(-c2cccc(Nc3ccc4c(n3)N(C3CCOCC3)[C@H](C)C(=O)N4C)c2)o1. The molecule has 0 saturated carbocycles. The smallest absolute Gasteiger partial charge is 0.249 e. The van der Waals surface area contributed by atoms with E-state index >= 15 is 0 Å². The highest BCUT2D eigenvalue weighted by molar-refractivity contribution is 6.04. The molecule has 2 aliphatic heterocycles. The molecule has 9 heteroatoms. The van der Waals surface area contributed by atoms with Crippen molar-refractivity contribution in [3.8, 4) is 11.5 Å². The van der Waals surface area contributed by atoms with Gasteiger partial charge in [0.05, 0.1) is 5.69 Å². The normalized spacial score (nSPS) is 19.2. The first-order valence-corrected chi connectivity index (χ1v) is 10.8. The third-order valence-electron chi connectivity index (χ3n) is 6.06. The summed E-state index contributed by atoms with van der Waals surface area (Å²) in [5, 5.41) is 11.4. The second-order valence-corrected chi connectivity index (χ2v) is 8.20. The van der Waals surface area contributed by atoms with Gasteiger partial charge in [0.2, 0.25) is 17.7 Å². The predicted molar refractivity (Wildman–Crippen MR) is 121 cm³/mol. The number of nitrogens with one attached hydrogen (secondary N) is 1. The van der Waals surface area contributed by atoms with Crippen LogP contribution in [0.15, 0.2) is 40.8 Å². The van der Waals surface area contributed by atoms with Crippen molar-refractivity contribution in [2.24, 2.45) is 0 Å². The van der Waals surface area contributed by atoms with Crippen molar-refractivity contribution in [1.82, 2.24) is 15.2 Å². The summed E-state index contributed by atoms with van der Waals surface area (Å²) in [5.74, 6) is 2.60. The van der Waals surface area contributed by atoms with E-state index in [0.29, 0.717) is 30.8 Å². The van der Waals surface area contributed by atoms with Gasteiger partial charge in [0.25, 0.3) is 0 Å². The van der Waals surface area contributed by atoms with Crippen molar-refractivity contribution in [2.75, 3.05) is 35.4 Å². The maximum atomic E-state index is 12.9. The first kappa shape index (κ1) is 20.4. The lowest BCUT2D eigenvalue weighted by Gasteiger charge is -2.44. The van der Waals surface area contributed by atoms with E-state index in [1.54, 1.807) is 11.8 Å². The molecule has 0 radical (unpaired) electrons. The number of aryl methyl sites for hydroxylation is 1. The molecule has 3 aromatic rings. The highest BCUT2D eigenvalue weighted by Crippen LogP contribution is 2.38. The zero-order chi connectivity index (χ0) is 22.2. The Kier molecular flexibility index (Phi) is 5.26. The van der Waals surface area contributed by atoms with Gasteiger partial charge in [-0.15, -0.1) is 10.2 Å². The summed E-state index contributed by atoms with van der Waals surface area (Å²) in [4.78, 5) is 21.7. The van der Waals surface area contributed by atoms with Gasteiger partial charge in [-0.25, -0.2) is 4.98 Å². The summed E-state index contributed by atoms with van der Waals surface area (Å²) in [6, 6.07) is 11.6. The molecule has 2 aromatic heterocycles. The Morgan fingerprint density at radius 3 is 2.69 bits per heavy atom. The van der Waals surface area contributed by atoms with Gasteiger partial charge in [-0.3, -0.25) is 4.79 Å². The average Bonchev–Trinajstić information content (AvgIpc) is 3.25. The molecule has 1 saturated heterocycles. The van der Waals surface area contributed by atoms with Crippen LogP contribution in [0.1, 0.15) is 25.7 Å². The van der Waals surface area contributed by atoms with Gasteiger partial charge >= 0.3 is 0 Å². The molecular weight excluding hydrogens is 408 g/mol. The van der Waals surface area contributed by atoms with Gasteiger partial charge in [-0.2, -0.15) is 0 Å². The quantitative estimate of drug-likeness (QED) is 0.666. The number of fused-ring (bicyclic) bond motifs is 1. The Balaban J connectivity index is 1.47. The molecule has 1 N–H and O–H groups in total. The monoisotopic (exact) mass is 434 g/mol. The zero-order valence-corrected chi connectivity index (χ0v) is 18.4. The summed E-state index contributed by atoms with van der Waals surface area (Å²) in [7, 11) is 1.81. The van der Waals surface area contributed by atoms with Crippen LogP contribution in [0.5, 0.6) is 0 Å². The standard InChI is InChI=1S/C23H26N6O3/c1-14-23(30)28(3)19-7-8-20(25-21(19)29(14)18-9-11-31-12-10-18)24-17-6-4-5-16(13-17)22-27-26-15(2)32-22/h4-8,13-14,18H,9-12H2,1-3H3,(H,24,25)/t14-/m1/s1. The molecule has 1 fully saturated rings. The van der Waals surface area contributed by atoms with Gasteiger partial charge in [-0.1, -0.05) is 6.07 Å². The fraction of sp³-hybridized carbons (Fsp3) is 0.391. The Morgan fingerprint density at radius 1 is 1.12 bits per heavy atom. The van der Waals surface area contributed by atoms with Crippen molar-refractivity contribution in [3.05, 3.63) is 42.3 Å². The maximum absolute atomic E-state index is 12.9. The van der Waals surface area contributed by atoms with Gasteiger partial charge in [0.15, 0.2) is 5.82 Å². The number of hydrogen-bond acceptors (Lipinski definition) is 8. The van der Waals surface area contributed by atoms with Crippen LogP contribution in [-0.4, -0.2) is 53.4 Å². The molecule has 32 heavy (non-hydrogen) atoms. The van der Waals surface area contributed by atoms with Gasteiger partial charge in [0, 0.05) is 44.5 Å². The van der Waals surface area contributed by atoms with Crippen LogP contribution in [-0.2, 0) is 9.53 Å². The lowest BCUT2D eigenvalue weighted by atomic mass is 10.0. The van der Waals surface area contributed by atoms with Crippen molar-refractivity contribution in [3.63, 3.8) is 0 Å². The molecule has 4 heterocycles. The minimum absolute atomic E-state index is 0.0778. The minimum atomic E-state index is -0.276. The molecule has 0 spiro atoms. The molecule has 5 rings (SSSR count). The predicted octanol–water partition coefficient (Wildman–Crippen LogP) is 3.53. The van der Waals surface area contributed by atoms with Crippen molar-refractivity contribution >= 4 is 28.9 Å². The van der Waals surface area contributed by atoms with Crippen molar-refractivity contribution < 1.29 is 13.9 Å². The lowest BCUT2D eigenvalue weighted by molar-refractivity contribution is -0.119. The maximum Gasteiger partial charge on any atom is 0.249 e. The number of carbonyl (C=O) groups is 1. The molecule has 2 aliphatic rings. The number of benzene rings is 1. The van der Waals surface area contributed by atoms with Crippen LogP contribution in [0.3, 0.4) is 0 Å². The number of hydrogen-bond donors (Lipinski definition) is 1. The number of aromatic nitrogens is 3. The third kappa shape index (κ3) is 3.69. The second kappa shape index (κ2) is 8.23. The number of ether oxygens (including phenoxy) is 1. The first-order chi connectivity index (χ1) is 15.5. The summed E-state index contributed by atoms with van der Waals surface area (Å²) in [5.41, 5.74) is 2.51. The fourth-order valence-electron chi connectivity index (χ4n) is 4.41. The number of pyridine rings is 1. The third-order valence-corrected chi connectivity index (χ3v) is 6.06. The Hall–Kier alpha value is -3.46. The molecule has 0 bridgehead atoms. The average molecular weight is 435 g/mol. The van der Waals surface area contributed by atoms with E-state index in [0.717, 1.165) is 35.6 Å². The van der Waals surface area contributed by atoms with E-state index in [-0.39, 0.29) is 18.0 Å². The van der Waals surface area contributed by atoms with Crippen molar-refractivity contribution in [1.29, 1.82) is 0 Å². The van der Waals surface area contributed by atoms with E-state index < -0.39 is 0 Å². The summed E-state index contributed by atoms with van der Waals surface area (Å²) in [6.07, 6.45) is 1.76. The Morgan fingerprint density at radius 2 is 1.94 bits per heavy atom. The minimum Gasteiger partial charge on any atom is -0.421 e. The van der Waals surface area contributed by atoms with E-state index in [4.69, 9.17) is 14.1 Å². The van der Waals surface area contributed by atoms with E-state index in [2.05, 4.69) is 20.4 Å². The molecule has 0 aliphatic carbocycles. The first-order valence-electron chi connectivity index (χ1n) is 10.8. The number of anilines is 4. The van der Waals surface area contributed by atoms with Crippen LogP contribution >= 0.6 is 0 Å². The molecule has 166 valence electrons. The van der Waals surface area contributed by atoms with Gasteiger partial charge in [-0.05, 0) is 50.1 Å². The number of likely N-dealkylation sites (N-methyl/N-ethyl adjacent to an activating group) is 1. The van der Waals surface area contributed by atoms with Crippen LogP contribution in [0.25, 0.3) is 11.5 Å². The van der Waals surface area contributed by atoms with Crippen LogP contribution in [0.2, 0.25) is 0 Å². The molecule has 1 atom stereocenters. The van der Waals surface area contributed by atoms with E-state index in [1.165, 1.54) is 0 Å². The Bertz CT molecular complexity index is 1140. The molecule has 1 aromatic carbocycles. The van der Waals surface area contributed by atoms with Crippen LogP contribution < -0.4 is 15.1 Å². The Labute approximate surface area is 186 Å². The largest absolute Gasteiger partial charge is 0.421 e. The number of amides is 1.